The number of phenolic OH excluding ortho intramolecular Hbond substituents is 1. The van der Waals surface area contributed by atoms with E-state index in [9.17, 15) is 15.0 Å². The molecule has 2 N–H and O–H groups in total. The number of Topliss-reactive ketones (excluding diaryl/α,β-unsaturated/α-hetero) is 1. The molecule has 4 rings (SSSR count). The van der Waals surface area contributed by atoms with Crippen LogP contribution in [0.1, 0.15) is 39.7 Å². The minimum absolute atomic E-state index is 0.108. The second kappa shape index (κ2) is 7.71. The molecule has 5 heteroatoms. The highest BCUT2D eigenvalue weighted by atomic mass is 16.5. The summed E-state index contributed by atoms with van der Waals surface area (Å²) >= 11 is 0. The van der Waals surface area contributed by atoms with Crippen molar-refractivity contribution in [3.05, 3.63) is 59.9 Å². The number of ether oxygens (including phenoxy) is 2. The molecule has 2 aliphatic heterocycles. The zero-order valence-corrected chi connectivity index (χ0v) is 17.9. The van der Waals surface area contributed by atoms with Crippen LogP contribution in [0, 0.1) is 17.8 Å². The summed E-state index contributed by atoms with van der Waals surface area (Å²) in [6.07, 6.45) is 6.80. The van der Waals surface area contributed by atoms with E-state index in [1.165, 1.54) is 11.8 Å². The van der Waals surface area contributed by atoms with Crippen LogP contribution in [0.5, 0.6) is 5.75 Å². The second-order valence-corrected chi connectivity index (χ2v) is 9.36. The van der Waals surface area contributed by atoms with E-state index < -0.39 is 23.7 Å². The van der Waals surface area contributed by atoms with Gasteiger partial charge in [0.15, 0.2) is 5.78 Å². The van der Waals surface area contributed by atoms with Gasteiger partial charge in [0, 0.05) is 11.8 Å². The highest BCUT2D eigenvalue weighted by Crippen LogP contribution is 2.47. The van der Waals surface area contributed by atoms with E-state index in [-0.39, 0.29) is 29.5 Å². The molecule has 1 fully saturated rings. The lowest BCUT2D eigenvalue weighted by atomic mass is 9.63. The smallest absolute Gasteiger partial charge is 0.175 e. The van der Waals surface area contributed by atoms with Gasteiger partial charge in [-0.1, -0.05) is 35.9 Å². The Hall–Kier alpha value is -2.37. The van der Waals surface area contributed by atoms with Crippen molar-refractivity contribution in [2.75, 3.05) is 0 Å². The number of hydrogen-bond donors (Lipinski definition) is 2. The van der Waals surface area contributed by atoms with E-state index in [1.807, 2.05) is 33.8 Å². The Morgan fingerprint density at radius 3 is 2.53 bits per heavy atom. The number of ketones is 1. The van der Waals surface area contributed by atoms with Crippen molar-refractivity contribution in [2.45, 2.75) is 58.0 Å². The fraction of sp³-hybridized carbons (Fsp3) is 0.480. The largest absolute Gasteiger partial charge is 0.508 e. The first-order valence-corrected chi connectivity index (χ1v) is 10.6. The van der Waals surface area contributed by atoms with E-state index in [4.69, 9.17) is 9.47 Å². The minimum atomic E-state index is -0.873. The average molecular weight is 411 g/mol. The van der Waals surface area contributed by atoms with Gasteiger partial charge in [-0.2, -0.15) is 0 Å². The summed E-state index contributed by atoms with van der Waals surface area (Å²) in [6, 6.07) is 6.46. The first kappa shape index (κ1) is 20.9. The summed E-state index contributed by atoms with van der Waals surface area (Å²) in [4.78, 5) is 13.5. The van der Waals surface area contributed by atoms with Crippen LogP contribution in [0.25, 0.3) is 5.57 Å². The summed E-state index contributed by atoms with van der Waals surface area (Å²) in [5, 5.41) is 20.9. The molecule has 3 aliphatic rings. The normalized spacial score (nSPS) is 34.3. The van der Waals surface area contributed by atoms with Crippen molar-refractivity contribution < 1.29 is 24.5 Å². The molecule has 0 radical (unpaired) electrons. The van der Waals surface area contributed by atoms with Crippen LogP contribution in [0.2, 0.25) is 0 Å². The number of rotatable bonds is 3. The minimum Gasteiger partial charge on any atom is -0.508 e. The Morgan fingerprint density at radius 1 is 1.17 bits per heavy atom. The number of aromatic hydroxyl groups is 1. The zero-order valence-electron chi connectivity index (χ0n) is 17.9. The van der Waals surface area contributed by atoms with Gasteiger partial charge in [-0.05, 0) is 51.8 Å². The molecule has 1 aliphatic carbocycles. The van der Waals surface area contributed by atoms with Crippen LogP contribution >= 0.6 is 0 Å². The number of benzene rings is 1. The maximum Gasteiger partial charge on any atom is 0.175 e. The molecule has 0 amide bonds. The molecule has 5 nitrogen and oxygen atoms in total. The average Bonchev–Trinajstić information content (AvgIpc) is 2.67. The maximum absolute atomic E-state index is 13.5. The van der Waals surface area contributed by atoms with Gasteiger partial charge in [-0.3, -0.25) is 4.79 Å². The lowest BCUT2D eigenvalue weighted by molar-refractivity contribution is -0.194. The van der Waals surface area contributed by atoms with E-state index >= 15 is 0 Å². The van der Waals surface area contributed by atoms with Gasteiger partial charge in [-0.15, -0.1) is 0 Å². The molecule has 2 heterocycles. The molecule has 1 saturated carbocycles. The van der Waals surface area contributed by atoms with Crippen LogP contribution < -0.4 is 0 Å². The molecular weight excluding hydrogens is 380 g/mol. The lowest BCUT2D eigenvalue weighted by Gasteiger charge is -2.52. The third-order valence-electron chi connectivity index (χ3n) is 6.39. The Morgan fingerprint density at radius 2 is 1.87 bits per heavy atom. The van der Waals surface area contributed by atoms with E-state index in [0.717, 1.165) is 0 Å². The number of allylic oxidation sites excluding steroid dienone is 3. The molecule has 6 unspecified atom stereocenters. The Kier molecular flexibility index (Phi) is 5.37. The number of fused-ring (bicyclic) bond motifs is 3. The third kappa shape index (κ3) is 3.72. The summed E-state index contributed by atoms with van der Waals surface area (Å²) in [7, 11) is 0. The van der Waals surface area contributed by atoms with Crippen LogP contribution in [0.4, 0.5) is 0 Å². The quantitative estimate of drug-likeness (QED) is 0.737. The molecule has 30 heavy (non-hydrogen) atoms. The fourth-order valence-electron chi connectivity index (χ4n) is 4.85. The predicted molar refractivity (Wildman–Crippen MR) is 115 cm³/mol. The van der Waals surface area contributed by atoms with Crippen LogP contribution in [0.3, 0.4) is 0 Å². The predicted octanol–water partition coefficient (Wildman–Crippen LogP) is 4.01. The molecule has 0 bridgehead atoms. The standard InChI is InChI=1S/C25H30O5/c1-14(2)5-10-17-21(27)20-22(28)19(15-6-8-16(26)9-7-15)13-29-24(20)18-11-12-25(3,4)30-23(17)18/h5-9,11-13,17-18,20-21,23-24,26-27H,10H2,1-4H3. The van der Waals surface area contributed by atoms with Crippen molar-refractivity contribution in [1.82, 2.24) is 0 Å². The molecule has 1 aromatic carbocycles. The lowest BCUT2D eigenvalue weighted by Crippen LogP contribution is -2.61. The number of carbonyl (C=O) groups is 1. The molecule has 0 spiro atoms. The van der Waals surface area contributed by atoms with Gasteiger partial charge < -0.3 is 19.7 Å². The van der Waals surface area contributed by atoms with Gasteiger partial charge in [-0.25, -0.2) is 0 Å². The molecular formula is C25H30O5. The van der Waals surface area contributed by atoms with Gasteiger partial charge >= 0.3 is 0 Å². The highest BCUT2D eigenvalue weighted by molar-refractivity contribution is 6.22. The fourth-order valence-corrected chi connectivity index (χ4v) is 4.85. The molecule has 160 valence electrons. The number of aliphatic hydroxyl groups is 1. The number of hydrogen-bond acceptors (Lipinski definition) is 5. The van der Waals surface area contributed by atoms with Crippen LogP contribution in [-0.2, 0) is 14.3 Å². The Balaban J connectivity index is 1.72. The Labute approximate surface area is 177 Å². The molecule has 1 aromatic rings. The number of aliphatic hydroxyl groups excluding tert-OH is 1. The van der Waals surface area contributed by atoms with Crippen molar-refractivity contribution >= 4 is 11.4 Å². The van der Waals surface area contributed by atoms with Crippen molar-refractivity contribution in [3.8, 4) is 5.75 Å². The summed E-state index contributed by atoms with van der Waals surface area (Å²) in [5.41, 5.74) is 1.84. The van der Waals surface area contributed by atoms with Crippen LogP contribution in [-0.4, -0.2) is 39.9 Å². The number of phenols is 1. The van der Waals surface area contributed by atoms with E-state index in [2.05, 4.69) is 12.2 Å². The Bertz CT molecular complexity index is 904. The highest BCUT2D eigenvalue weighted by Gasteiger charge is 2.56. The van der Waals surface area contributed by atoms with Gasteiger partial charge in [0.2, 0.25) is 0 Å². The van der Waals surface area contributed by atoms with E-state index in [1.54, 1.807) is 24.3 Å². The SMILES string of the molecule is CC(C)=CCC1C(O)C2C(=O)C(c3ccc(O)cc3)=COC2C2C=CC(C)(C)OC21. The van der Waals surface area contributed by atoms with Crippen LogP contribution in [0.15, 0.2) is 54.3 Å². The third-order valence-corrected chi connectivity index (χ3v) is 6.39. The topological polar surface area (TPSA) is 76.0 Å². The van der Waals surface area contributed by atoms with Gasteiger partial charge in [0.1, 0.15) is 11.9 Å². The van der Waals surface area contributed by atoms with Crippen molar-refractivity contribution in [3.63, 3.8) is 0 Å². The van der Waals surface area contributed by atoms with Crippen molar-refractivity contribution in [1.29, 1.82) is 0 Å². The monoisotopic (exact) mass is 410 g/mol. The summed E-state index contributed by atoms with van der Waals surface area (Å²) < 4.78 is 12.5. The molecule has 6 atom stereocenters. The molecule has 0 saturated heterocycles. The van der Waals surface area contributed by atoms with E-state index in [0.29, 0.717) is 17.6 Å². The first-order chi connectivity index (χ1) is 14.2. The number of carbonyl (C=O) groups excluding carboxylic acids is 1. The molecule has 0 aromatic heterocycles. The zero-order chi connectivity index (χ0) is 21.6. The van der Waals surface area contributed by atoms with Gasteiger partial charge in [0.05, 0.1) is 35.6 Å². The summed E-state index contributed by atoms with van der Waals surface area (Å²) in [5.74, 6) is -0.963. The summed E-state index contributed by atoms with van der Waals surface area (Å²) in [6.45, 7) is 8.07. The first-order valence-electron chi connectivity index (χ1n) is 10.6. The second-order valence-electron chi connectivity index (χ2n) is 9.36. The maximum atomic E-state index is 13.5. The van der Waals surface area contributed by atoms with Gasteiger partial charge in [0.25, 0.3) is 0 Å². The van der Waals surface area contributed by atoms with Crippen molar-refractivity contribution in [2.24, 2.45) is 17.8 Å².